The van der Waals surface area contributed by atoms with E-state index in [-0.39, 0.29) is 22.6 Å². The van der Waals surface area contributed by atoms with E-state index in [1.165, 1.54) is 18.2 Å². The highest BCUT2D eigenvalue weighted by molar-refractivity contribution is 9.10. The Bertz CT molecular complexity index is 1310. The van der Waals surface area contributed by atoms with Crippen molar-refractivity contribution < 1.29 is 29.6 Å². The summed E-state index contributed by atoms with van der Waals surface area (Å²) in [6.07, 6.45) is 0. The topological polar surface area (TPSA) is 104 Å². The van der Waals surface area contributed by atoms with E-state index in [4.69, 9.17) is 4.74 Å². The summed E-state index contributed by atoms with van der Waals surface area (Å²) in [7, 11) is 0. The predicted molar refractivity (Wildman–Crippen MR) is 129 cm³/mol. The first-order valence-corrected chi connectivity index (χ1v) is 11.6. The van der Waals surface area contributed by atoms with E-state index < -0.39 is 17.5 Å². The molecule has 0 unspecified atom stereocenters. The zero-order valence-corrected chi connectivity index (χ0v) is 21.4. The second kappa shape index (κ2) is 7.88. The molecule has 0 aliphatic carbocycles. The summed E-state index contributed by atoms with van der Waals surface area (Å²) >= 11 is 6.89. The lowest BCUT2D eigenvalue weighted by Crippen LogP contribution is -2.32. The maximum Gasteiger partial charge on any atom is 0.340 e. The summed E-state index contributed by atoms with van der Waals surface area (Å²) in [4.78, 5) is 24.7. The summed E-state index contributed by atoms with van der Waals surface area (Å²) < 4.78 is 7.41. The largest absolute Gasteiger partial charge is 0.507 e. The van der Waals surface area contributed by atoms with Gasteiger partial charge in [-0.1, -0.05) is 37.9 Å². The van der Waals surface area contributed by atoms with Gasteiger partial charge in [-0.15, -0.1) is 0 Å². The van der Waals surface area contributed by atoms with Crippen LogP contribution in [0.15, 0.2) is 39.3 Å². The minimum absolute atomic E-state index is 0.0636. The second-order valence-electron chi connectivity index (χ2n) is 8.18. The SMILES string of the molecule is Cc1cc(Br)c(C)c(O)c1C1(c2c(C)cc(Br)c(C)c2O)OC(=O)c2cc(C(=O)O)ccc21. The quantitative estimate of drug-likeness (QED) is 0.330. The van der Waals surface area contributed by atoms with Gasteiger partial charge in [-0.25, -0.2) is 9.59 Å². The van der Waals surface area contributed by atoms with Gasteiger partial charge in [0.1, 0.15) is 11.5 Å². The molecule has 3 N–H and O–H groups in total. The molecule has 0 spiro atoms. The van der Waals surface area contributed by atoms with E-state index in [1.54, 1.807) is 27.7 Å². The Kier molecular flexibility index (Phi) is 5.57. The number of benzene rings is 3. The monoisotopic (exact) mass is 574 g/mol. The number of esters is 1. The van der Waals surface area contributed by atoms with Crippen LogP contribution in [0.1, 0.15) is 59.7 Å². The molecule has 0 amide bonds. The number of rotatable bonds is 3. The normalized spacial score (nSPS) is 14.2. The molecule has 3 aromatic carbocycles. The number of phenols is 2. The highest BCUT2D eigenvalue weighted by atomic mass is 79.9. The van der Waals surface area contributed by atoms with Crippen molar-refractivity contribution >= 4 is 43.8 Å². The average molecular weight is 576 g/mol. The smallest absolute Gasteiger partial charge is 0.340 e. The average Bonchev–Trinajstić information content (AvgIpc) is 3.02. The third-order valence-corrected chi connectivity index (χ3v) is 7.84. The summed E-state index contributed by atoms with van der Waals surface area (Å²) in [6.45, 7) is 6.99. The highest BCUT2D eigenvalue weighted by Crippen LogP contribution is 2.56. The molecule has 170 valence electrons. The number of carboxylic acid groups (broad SMARTS) is 1. The van der Waals surface area contributed by atoms with Gasteiger partial charge in [0, 0.05) is 36.8 Å². The zero-order valence-electron chi connectivity index (χ0n) is 18.2. The molecule has 0 bridgehead atoms. The number of aromatic hydroxyl groups is 2. The van der Waals surface area contributed by atoms with Crippen molar-refractivity contribution in [2.24, 2.45) is 0 Å². The third-order valence-electron chi connectivity index (χ3n) is 6.19. The number of fused-ring (bicyclic) bond motifs is 1. The number of phenolic OH excluding ortho intramolecular Hbond substituents is 2. The molecular formula is C25H20Br2O6. The Labute approximate surface area is 207 Å². The predicted octanol–water partition coefficient (Wildman–Crippen LogP) is 6.02. The van der Waals surface area contributed by atoms with Crippen LogP contribution in [-0.4, -0.2) is 27.3 Å². The van der Waals surface area contributed by atoms with Gasteiger partial charge < -0.3 is 20.1 Å². The van der Waals surface area contributed by atoms with Crippen molar-refractivity contribution in [3.63, 3.8) is 0 Å². The van der Waals surface area contributed by atoms with Crippen LogP contribution in [-0.2, 0) is 10.3 Å². The van der Waals surface area contributed by atoms with Crippen LogP contribution in [0.4, 0.5) is 0 Å². The van der Waals surface area contributed by atoms with Crippen LogP contribution >= 0.6 is 31.9 Å². The van der Waals surface area contributed by atoms with Crippen LogP contribution in [0.25, 0.3) is 0 Å². The first-order chi connectivity index (χ1) is 15.4. The minimum Gasteiger partial charge on any atom is -0.507 e. The molecule has 8 heteroatoms. The number of hydrogen-bond acceptors (Lipinski definition) is 5. The van der Waals surface area contributed by atoms with Gasteiger partial charge in [0.2, 0.25) is 0 Å². The van der Waals surface area contributed by atoms with Gasteiger partial charge in [-0.2, -0.15) is 0 Å². The number of hydrogen-bond donors (Lipinski definition) is 3. The molecule has 1 aliphatic heterocycles. The van der Waals surface area contributed by atoms with Crippen molar-refractivity contribution in [2.45, 2.75) is 33.3 Å². The molecular weight excluding hydrogens is 556 g/mol. The van der Waals surface area contributed by atoms with Crippen molar-refractivity contribution in [1.29, 1.82) is 0 Å². The maximum atomic E-state index is 13.2. The fourth-order valence-electron chi connectivity index (χ4n) is 4.50. The van der Waals surface area contributed by atoms with E-state index in [2.05, 4.69) is 31.9 Å². The second-order valence-corrected chi connectivity index (χ2v) is 9.89. The summed E-state index contributed by atoms with van der Waals surface area (Å²) in [5, 5.41) is 32.0. The molecule has 0 atom stereocenters. The van der Waals surface area contributed by atoms with Gasteiger partial charge in [-0.05, 0) is 63.1 Å². The lowest BCUT2D eigenvalue weighted by molar-refractivity contribution is 0.0235. The molecule has 3 aromatic rings. The van der Waals surface area contributed by atoms with Crippen molar-refractivity contribution in [3.8, 4) is 11.5 Å². The summed E-state index contributed by atoms with van der Waals surface area (Å²) in [5.74, 6) is -2.11. The van der Waals surface area contributed by atoms with Gasteiger partial charge in [0.15, 0.2) is 5.60 Å². The Balaban J connectivity index is 2.23. The highest BCUT2D eigenvalue weighted by Gasteiger charge is 2.53. The molecule has 33 heavy (non-hydrogen) atoms. The summed E-state index contributed by atoms with van der Waals surface area (Å²) in [5.41, 5.74) is 1.56. The Morgan fingerprint density at radius 1 is 0.879 bits per heavy atom. The number of carboxylic acids is 1. The van der Waals surface area contributed by atoms with Gasteiger partial charge in [0.05, 0.1) is 11.1 Å². The maximum absolute atomic E-state index is 13.2. The fourth-order valence-corrected chi connectivity index (χ4v) is 5.57. The molecule has 4 rings (SSSR count). The zero-order chi connectivity index (χ0) is 24.4. The lowest BCUT2D eigenvalue weighted by Gasteiger charge is -2.35. The van der Waals surface area contributed by atoms with E-state index >= 15 is 0 Å². The standard InChI is InChI=1S/C25H20Br2O6/c1-10-7-17(26)12(3)21(28)19(10)25(20-11(2)8-18(27)13(4)22(20)29)16-6-5-14(23(30)31)9-15(16)24(32)33-25/h5-9,28-29H,1-4H3,(H,30,31). The number of aromatic carboxylic acids is 1. The Hall–Kier alpha value is -2.84. The fraction of sp³-hybridized carbons (Fsp3) is 0.200. The third kappa shape index (κ3) is 3.27. The molecule has 6 nitrogen and oxygen atoms in total. The van der Waals surface area contributed by atoms with Crippen molar-refractivity contribution in [1.82, 2.24) is 0 Å². The van der Waals surface area contributed by atoms with E-state index in [0.717, 1.165) is 0 Å². The number of halogens is 2. The van der Waals surface area contributed by atoms with Crippen LogP contribution in [0.5, 0.6) is 11.5 Å². The molecule has 0 radical (unpaired) electrons. The lowest BCUT2D eigenvalue weighted by atomic mass is 9.74. The summed E-state index contributed by atoms with van der Waals surface area (Å²) in [6, 6.07) is 7.77. The van der Waals surface area contributed by atoms with E-state index in [1.807, 2.05) is 12.1 Å². The van der Waals surface area contributed by atoms with Crippen molar-refractivity contribution in [2.75, 3.05) is 0 Å². The number of carbonyl (C=O) groups excluding carboxylic acids is 1. The number of ether oxygens (including phenoxy) is 1. The van der Waals surface area contributed by atoms with Gasteiger partial charge >= 0.3 is 11.9 Å². The number of cyclic esters (lactones) is 1. The van der Waals surface area contributed by atoms with Crippen LogP contribution in [0, 0.1) is 27.7 Å². The van der Waals surface area contributed by atoms with Crippen LogP contribution < -0.4 is 0 Å². The molecule has 0 aromatic heterocycles. The van der Waals surface area contributed by atoms with Gasteiger partial charge in [0.25, 0.3) is 0 Å². The minimum atomic E-state index is -1.69. The van der Waals surface area contributed by atoms with E-state index in [0.29, 0.717) is 47.9 Å². The molecule has 1 heterocycles. The Morgan fingerprint density at radius 2 is 1.36 bits per heavy atom. The molecule has 0 saturated heterocycles. The first-order valence-electron chi connectivity index (χ1n) is 10.0. The molecule has 1 aliphatic rings. The van der Waals surface area contributed by atoms with E-state index in [9.17, 15) is 24.9 Å². The first kappa shape index (κ1) is 23.3. The van der Waals surface area contributed by atoms with Crippen LogP contribution in [0.2, 0.25) is 0 Å². The Morgan fingerprint density at radius 3 is 1.82 bits per heavy atom. The van der Waals surface area contributed by atoms with Gasteiger partial charge in [-0.3, -0.25) is 0 Å². The molecule has 0 saturated carbocycles. The number of aryl methyl sites for hydroxylation is 2. The molecule has 0 fully saturated rings. The van der Waals surface area contributed by atoms with Crippen molar-refractivity contribution in [3.05, 3.63) is 89.3 Å². The number of carbonyl (C=O) groups is 2. The van der Waals surface area contributed by atoms with Crippen LogP contribution in [0.3, 0.4) is 0 Å².